The number of aryl methyl sites for hydroxylation is 2. The fourth-order valence-corrected chi connectivity index (χ4v) is 3.12. The van der Waals surface area contributed by atoms with Gasteiger partial charge in [0.2, 0.25) is 11.8 Å². The second kappa shape index (κ2) is 7.30. The maximum Gasteiger partial charge on any atom is 0.227 e. The molecule has 0 radical (unpaired) electrons. The molecule has 0 atom stereocenters. The molecule has 0 spiro atoms. The van der Waals surface area contributed by atoms with Crippen molar-refractivity contribution in [3.05, 3.63) is 65.2 Å². The first kappa shape index (κ1) is 16.2. The van der Waals surface area contributed by atoms with Gasteiger partial charge in [0.25, 0.3) is 0 Å². The van der Waals surface area contributed by atoms with Gasteiger partial charge in [0.1, 0.15) is 0 Å². The number of nitrogens with zero attached hydrogens (tertiary/aromatic N) is 1. The van der Waals surface area contributed by atoms with Crippen LogP contribution in [-0.2, 0) is 22.4 Å². The Morgan fingerprint density at radius 3 is 2.79 bits per heavy atom. The highest BCUT2D eigenvalue weighted by molar-refractivity contribution is 5.96. The Bertz CT molecular complexity index is 755. The molecule has 1 heterocycles. The van der Waals surface area contributed by atoms with Gasteiger partial charge in [-0.1, -0.05) is 48.0 Å². The average molecular weight is 322 g/mol. The Morgan fingerprint density at radius 1 is 1.12 bits per heavy atom. The van der Waals surface area contributed by atoms with Crippen molar-refractivity contribution >= 4 is 17.5 Å². The van der Waals surface area contributed by atoms with Crippen molar-refractivity contribution in [3.8, 4) is 0 Å². The lowest BCUT2D eigenvalue weighted by atomic mass is 10.0. The predicted molar refractivity (Wildman–Crippen MR) is 95.0 cm³/mol. The highest BCUT2D eigenvalue weighted by atomic mass is 16.2. The van der Waals surface area contributed by atoms with Crippen LogP contribution in [0.2, 0.25) is 0 Å². The monoisotopic (exact) mass is 322 g/mol. The van der Waals surface area contributed by atoms with Crippen molar-refractivity contribution in [2.24, 2.45) is 0 Å². The first-order valence-electron chi connectivity index (χ1n) is 8.34. The van der Waals surface area contributed by atoms with E-state index >= 15 is 0 Å². The Balaban J connectivity index is 1.54. The summed E-state index contributed by atoms with van der Waals surface area (Å²) in [7, 11) is 0. The van der Waals surface area contributed by atoms with Crippen LogP contribution in [0.4, 0.5) is 5.69 Å². The number of benzene rings is 2. The van der Waals surface area contributed by atoms with E-state index in [0.29, 0.717) is 25.9 Å². The fourth-order valence-electron chi connectivity index (χ4n) is 3.12. The summed E-state index contributed by atoms with van der Waals surface area (Å²) in [5, 5.41) is 2.92. The van der Waals surface area contributed by atoms with Crippen LogP contribution < -0.4 is 10.2 Å². The van der Waals surface area contributed by atoms with Gasteiger partial charge in [0.15, 0.2) is 0 Å². The molecule has 4 heteroatoms. The molecule has 2 amide bonds. The largest absolute Gasteiger partial charge is 0.354 e. The minimum atomic E-state index is -0.0154. The molecule has 0 fully saturated rings. The van der Waals surface area contributed by atoms with E-state index in [1.165, 1.54) is 5.56 Å². The normalized spacial score (nSPS) is 13.5. The van der Waals surface area contributed by atoms with Gasteiger partial charge in [-0.15, -0.1) is 0 Å². The summed E-state index contributed by atoms with van der Waals surface area (Å²) < 4.78 is 0. The fraction of sp³-hybridized carbons (Fsp3) is 0.300. The third kappa shape index (κ3) is 3.82. The highest BCUT2D eigenvalue weighted by Crippen LogP contribution is 2.26. The quantitative estimate of drug-likeness (QED) is 0.920. The third-order valence-electron chi connectivity index (χ3n) is 4.30. The number of hydrogen-bond acceptors (Lipinski definition) is 2. The van der Waals surface area contributed by atoms with Gasteiger partial charge in [-0.05, 0) is 30.5 Å². The molecule has 124 valence electrons. The number of carbonyl (C=O) groups excluding carboxylic acids is 2. The van der Waals surface area contributed by atoms with E-state index < -0.39 is 0 Å². The third-order valence-corrected chi connectivity index (χ3v) is 4.30. The van der Waals surface area contributed by atoms with E-state index in [-0.39, 0.29) is 11.8 Å². The first-order valence-corrected chi connectivity index (χ1v) is 8.34. The van der Waals surface area contributed by atoms with Crippen molar-refractivity contribution in [3.63, 3.8) is 0 Å². The maximum absolute atomic E-state index is 12.2. The summed E-state index contributed by atoms with van der Waals surface area (Å²) in [6, 6.07) is 15.9. The minimum Gasteiger partial charge on any atom is -0.354 e. The molecule has 0 unspecified atom stereocenters. The first-order chi connectivity index (χ1) is 11.6. The van der Waals surface area contributed by atoms with Gasteiger partial charge in [-0.25, -0.2) is 0 Å². The zero-order valence-corrected chi connectivity index (χ0v) is 13.9. The van der Waals surface area contributed by atoms with Crippen LogP contribution in [0.3, 0.4) is 0 Å². The number of amides is 2. The van der Waals surface area contributed by atoms with Gasteiger partial charge < -0.3 is 10.2 Å². The standard InChI is InChI=1S/C20H22N2O2/c1-15-5-4-6-16(13-15)14-19(23)21-11-12-22-18-8-3-2-7-17(18)9-10-20(22)24/h2-8,13H,9-12,14H2,1H3,(H,21,23). The molecule has 2 aromatic rings. The van der Waals surface area contributed by atoms with Gasteiger partial charge in [-0.2, -0.15) is 0 Å². The van der Waals surface area contributed by atoms with Crippen molar-refractivity contribution in [2.45, 2.75) is 26.2 Å². The predicted octanol–water partition coefficient (Wildman–Crippen LogP) is 2.63. The molecule has 0 saturated carbocycles. The zero-order chi connectivity index (χ0) is 16.9. The lowest BCUT2D eigenvalue weighted by molar-refractivity contribution is -0.121. The minimum absolute atomic E-state index is 0.0154. The number of para-hydroxylation sites is 1. The van der Waals surface area contributed by atoms with Crippen LogP contribution in [0.15, 0.2) is 48.5 Å². The second-order valence-electron chi connectivity index (χ2n) is 6.19. The Kier molecular flexibility index (Phi) is 4.94. The molecule has 0 aromatic heterocycles. The summed E-state index contributed by atoms with van der Waals surface area (Å²) in [5.74, 6) is 0.111. The maximum atomic E-state index is 12.2. The number of anilines is 1. The Hall–Kier alpha value is -2.62. The van der Waals surface area contributed by atoms with Gasteiger partial charge in [-0.3, -0.25) is 9.59 Å². The lowest BCUT2D eigenvalue weighted by Crippen LogP contribution is -2.41. The average Bonchev–Trinajstić information content (AvgIpc) is 2.57. The number of nitrogens with one attached hydrogen (secondary N) is 1. The van der Waals surface area contributed by atoms with Gasteiger partial charge >= 0.3 is 0 Å². The molecule has 4 nitrogen and oxygen atoms in total. The Labute approximate surface area is 142 Å². The van der Waals surface area contributed by atoms with E-state index in [1.807, 2.05) is 49.4 Å². The molecule has 1 aliphatic rings. The van der Waals surface area contributed by atoms with E-state index in [4.69, 9.17) is 0 Å². The second-order valence-corrected chi connectivity index (χ2v) is 6.19. The molecule has 1 N–H and O–H groups in total. The number of rotatable bonds is 5. The van der Waals surface area contributed by atoms with Gasteiger partial charge in [0.05, 0.1) is 6.42 Å². The smallest absolute Gasteiger partial charge is 0.227 e. The van der Waals surface area contributed by atoms with Crippen molar-refractivity contribution in [1.29, 1.82) is 0 Å². The summed E-state index contributed by atoms with van der Waals surface area (Å²) in [5.41, 5.74) is 4.33. The molecule has 1 aliphatic heterocycles. The summed E-state index contributed by atoms with van der Waals surface area (Å²) in [6.45, 7) is 2.99. The van der Waals surface area contributed by atoms with E-state index in [9.17, 15) is 9.59 Å². The zero-order valence-electron chi connectivity index (χ0n) is 13.9. The molecule has 0 bridgehead atoms. The van der Waals surface area contributed by atoms with Crippen LogP contribution in [0, 0.1) is 6.92 Å². The molecule has 0 aliphatic carbocycles. The van der Waals surface area contributed by atoms with Crippen LogP contribution in [0.1, 0.15) is 23.1 Å². The van der Waals surface area contributed by atoms with E-state index in [0.717, 1.165) is 23.2 Å². The SMILES string of the molecule is Cc1cccc(CC(=O)NCCN2C(=O)CCc3ccccc32)c1. The van der Waals surface area contributed by atoms with Crippen LogP contribution >= 0.6 is 0 Å². The Morgan fingerprint density at radius 2 is 1.96 bits per heavy atom. The van der Waals surface area contributed by atoms with Crippen LogP contribution in [-0.4, -0.2) is 24.9 Å². The molecule has 0 saturated heterocycles. The number of carbonyl (C=O) groups is 2. The molecule has 3 rings (SSSR count). The van der Waals surface area contributed by atoms with Crippen molar-refractivity contribution in [2.75, 3.05) is 18.0 Å². The van der Waals surface area contributed by atoms with E-state index in [1.54, 1.807) is 4.90 Å². The topological polar surface area (TPSA) is 49.4 Å². The molecular weight excluding hydrogens is 300 g/mol. The van der Waals surface area contributed by atoms with Crippen LogP contribution in [0.25, 0.3) is 0 Å². The molecule has 2 aromatic carbocycles. The van der Waals surface area contributed by atoms with Crippen molar-refractivity contribution < 1.29 is 9.59 Å². The van der Waals surface area contributed by atoms with Crippen molar-refractivity contribution in [1.82, 2.24) is 5.32 Å². The number of fused-ring (bicyclic) bond motifs is 1. The number of hydrogen-bond donors (Lipinski definition) is 1. The van der Waals surface area contributed by atoms with Crippen LogP contribution in [0.5, 0.6) is 0 Å². The lowest BCUT2D eigenvalue weighted by Gasteiger charge is -2.29. The highest BCUT2D eigenvalue weighted by Gasteiger charge is 2.23. The summed E-state index contributed by atoms with van der Waals surface area (Å²) in [4.78, 5) is 26.0. The molecule has 24 heavy (non-hydrogen) atoms. The summed E-state index contributed by atoms with van der Waals surface area (Å²) in [6.07, 6.45) is 1.70. The van der Waals surface area contributed by atoms with Gasteiger partial charge in [0, 0.05) is 25.2 Å². The van der Waals surface area contributed by atoms with E-state index in [2.05, 4.69) is 11.4 Å². The summed E-state index contributed by atoms with van der Waals surface area (Å²) >= 11 is 0. The molecular formula is C20H22N2O2.